The van der Waals surface area contributed by atoms with Crippen LogP contribution in [-0.2, 0) is 9.59 Å². The molecule has 0 aliphatic carbocycles. The number of phenolic OH excluding ortho intramolecular Hbond substituents is 1. The highest BCUT2D eigenvalue weighted by Crippen LogP contribution is 2.18. The highest BCUT2D eigenvalue weighted by atomic mass is 16.3. The van der Waals surface area contributed by atoms with Crippen molar-refractivity contribution in [3.8, 4) is 5.75 Å². The average Bonchev–Trinajstić information content (AvgIpc) is 2.17. The van der Waals surface area contributed by atoms with Gasteiger partial charge >= 0.3 is 0 Å². The van der Waals surface area contributed by atoms with Crippen LogP contribution in [-0.4, -0.2) is 30.0 Å². The summed E-state index contributed by atoms with van der Waals surface area (Å²) in [7, 11) is 0. The van der Waals surface area contributed by atoms with Crippen molar-refractivity contribution in [1.82, 2.24) is 5.32 Å². The van der Waals surface area contributed by atoms with Crippen molar-refractivity contribution in [1.29, 1.82) is 0 Å². The molecule has 0 radical (unpaired) electrons. The van der Waals surface area contributed by atoms with Gasteiger partial charge in [-0.15, -0.1) is 0 Å². The summed E-state index contributed by atoms with van der Waals surface area (Å²) >= 11 is 0. The van der Waals surface area contributed by atoms with Crippen molar-refractivity contribution < 1.29 is 14.7 Å². The molecule has 1 aromatic rings. The molecule has 2 N–H and O–H groups in total. The molecule has 1 heterocycles. The molecule has 1 aromatic carbocycles. The lowest BCUT2D eigenvalue weighted by atomic mass is 10.2. The highest BCUT2D eigenvalue weighted by Gasteiger charge is 2.22. The molecular formula is C10H10N2O3. The Kier molecular flexibility index (Phi) is 2.29. The lowest BCUT2D eigenvalue weighted by Gasteiger charge is -2.27. The van der Waals surface area contributed by atoms with Crippen molar-refractivity contribution >= 4 is 17.5 Å². The van der Waals surface area contributed by atoms with Gasteiger partial charge in [-0.1, -0.05) is 0 Å². The number of anilines is 1. The lowest BCUT2D eigenvalue weighted by Crippen LogP contribution is -2.51. The van der Waals surface area contributed by atoms with Gasteiger partial charge in [-0.3, -0.25) is 14.9 Å². The van der Waals surface area contributed by atoms with E-state index < -0.39 is 0 Å². The van der Waals surface area contributed by atoms with Crippen LogP contribution in [0.15, 0.2) is 24.3 Å². The zero-order valence-corrected chi connectivity index (χ0v) is 7.93. The van der Waals surface area contributed by atoms with Gasteiger partial charge in [-0.25, -0.2) is 0 Å². The van der Waals surface area contributed by atoms with Crippen LogP contribution in [0.3, 0.4) is 0 Å². The van der Waals surface area contributed by atoms with Crippen LogP contribution in [0.2, 0.25) is 0 Å². The number of hydrogen-bond donors (Lipinski definition) is 2. The van der Waals surface area contributed by atoms with Crippen LogP contribution >= 0.6 is 0 Å². The lowest BCUT2D eigenvalue weighted by molar-refractivity contribution is -0.130. The van der Waals surface area contributed by atoms with Gasteiger partial charge in [-0.05, 0) is 24.3 Å². The third-order valence-corrected chi connectivity index (χ3v) is 2.16. The highest BCUT2D eigenvalue weighted by molar-refractivity contribution is 6.02. The minimum Gasteiger partial charge on any atom is -0.508 e. The molecule has 0 saturated carbocycles. The van der Waals surface area contributed by atoms with Gasteiger partial charge in [-0.2, -0.15) is 0 Å². The summed E-state index contributed by atoms with van der Waals surface area (Å²) in [5, 5.41) is 11.3. The van der Waals surface area contributed by atoms with Gasteiger partial charge < -0.3 is 10.0 Å². The second kappa shape index (κ2) is 3.61. The van der Waals surface area contributed by atoms with Gasteiger partial charge in [0.05, 0.1) is 13.1 Å². The van der Waals surface area contributed by atoms with Crippen molar-refractivity contribution in [2.75, 3.05) is 18.0 Å². The van der Waals surface area contributed by atoms with Crippen LogP contribution in [0.25, 0.3) is 0 Å². The molecule has 5 nitrogen and oxygen atoms in total. The fourth-order valence-corrected chi connectivity index (χ4v) is 1.48. The van der Waals surface area contributed by atoms with E-state index in [-0.39, 0.29) is 30.7 Å². The zero-order valence-electron chi connectivity index (χ0n) is 7.93. The number of hydrogen-bond acceptors (Lipinski definition) is 4. The predicted octanol–water partition coefficient (Wildman–Crippen LogP) is -0.145. The molecule has 15 heavy (non-hydrogen) atoms. The average molecular weight is 206 g/mol. The number of phenols is 1. The molecule has 0 unspecified atom stereocenters. The number of aromatic hydroxyl groups is 1. The van der Waals surface area contributed by atoms with E-state index in [4.69, 9.17) is 5.11 Å². The van der Waals surface area contributed by atoms with E-state index in [0.717, 1.165) is 5.69 Å². The molecule has 0 spiro atoms. The fourth-order valence-electron chi connectivity index (χ4n) is 1.48. The molecule has 2 amide bonds. The summed E-state index contributed by atoms with van der Waals surface area (Å²) in [6.07, 6.45) is 0. The first-order chi connectivity index (χ1) is 7.15. The maximum Gasteiger partial charge on any atom is 0.246 e. The quantitative estimate of drug-likeness (QED) is 0.627. The number of carbonyl (C=O) groups is 2. The Morgan fingerprint density at radius 3 is 2.13 bits per heavy atom. The van der Waals surface area contributed by atoms with Crippen molar-refractivity contribution in [2.24, 2.45) is 0 Å². The third-order valence-electron chi connectivity index (χ3n) is 2.16. The van der Waals surface area contributed by atoms with Crippen molar-refractivity contribution in [2.45, 2.75) is 0 Å². The summed E-state index contributed by atoms with van der Waals surface area (Å²) in [6, 6.07) is 6.38. The maximum atomic E-state index is 11.1. The van der Waals surface area contributed by atoms with Gasteiger partial charge in [0, 0.05) is 5.69 Å². The molecule has 1 saturated heterocycles. The zero-order chi connectivity index (χ0) is 10.8. The first-order valence-electron chi connectivity index (χ1n) is 4.52. The van der Waals surface area contributed by atoms with E-state index in [2.05, 4.69) is 5.32 Å². The standard InChI is InChI=1S/C10H10N2O3/c13-8-3-1-7(2-4-8)12-5-9(14)11-10(15)6-12/h1-4,13H,5-6H2,(H,11,14,15). The molecule has 1 fully saturated rings. The van der Waals surface area contributed by atoms with Crippen molar-refractivity contribution in [3.05, 3.63) is 24.3 Å². The normalized spacial score (nSPS) is 16.4. The summed E-state index contributed by atoms with van der Waals surface area (Å²) in [4.78, 5) is 23.9. The number of benzene rings is 1. The number of nitrogens with zero attached hydrogens (tertiary/aromatic N) is 1. The fraction of sp³-hybridized carbons (Fsp3) is 0.200. The molecule has 1 aliphatic rings. The van der Waals surface area contributed by atoms with Gasteiger partial charge in [0.2, 0.25) is 11.8 Å². The molecule has 0 atom stereocenters. The largest absolute Gasteiger partial charge is 0.508 e. The number of piperazine rings is 1. The van der Waals surface area contributed by atoms with Crippen molar-refractivity contribution in [3.63, 3.8) is 0 Å². The molecular weight excluding hydrogens is 196 g/mol. The number of imide groups is 1. The number of carbonyl (C=O) groups excluding carboxylic acids is 2. The Bertz CT molecular complexity index is 384. The van der Waals surface area contributed by atoms with E-state index in [1.807, 2.05) is 0 Å². The Morgan fingerprint density at radius 1 is 1.07 bits per heavy atom. The smallest absolute Gasteiger partial charge is 0.246 e. The van der Waals surface area contributed by atoms with E-state index in [1.54, 1.807) is 17.0 Å². The molecule has 0 aromatic heterocycles. The van der Waals surface area contributed by atoms with Crippen LogP contribution in [0, 0.1) is 0 Å². The summed E-state index contributed by atoms with van der Waals surface area (Å²) in [6.45, 7) is 0.326. The summed E-state index contributed by atoms with van der Waals surface area (Å²) in [5.41, 5.74) is 0.746. The Labute approximate surface area is 86.3 Å². The van der Waals surface area contributed by atoms with E-state index in [9.17, 15) is 9.59 Å². The molecule has 78 valence electrons. The molecule has 2 rings (SSSR count). The Hall–Kier alpha value is -2.04. The minimum absolute atomic E-state index is 0.159. The van der Waals surface area contributed by atoms with E-state index >= 15 is 0 Å². The first kappa shape index (κ1) is 9.51. The maximum absolute atomic E-state index is 11.1. The summed E-state index contributed by atoms with van der Waals surface area (Å²) in [5.74, 6) is -0.454. The molecule has 5 heteroatoms. The van der Waals surface area contributed by atoms with E-state index in [0.29, 0.717) is 0 Å². The van der Waals surface area contributed by atoms with Crippen LogP contribution in [0.1, 0.15) is 0 Å². The number of nitrogens with one attached hydrogen (secondary N) is 1. The number of rotatable bonds is 1. The Morgan fingerprint density at radius 2 is 1.60 bits per heavy atom. The first-order valence-corrected chi connectivity index (χ1v) is 4.52. The number of amides is 2. The van der Waals surface area contributed by atoms with Crippen LogP contribution in [0.5, 0.6) is 5.75 Å². The minimum atomic E-state index is -0.306. The predicted molar refractivity (Wildman–Crippen MR) is 53.5 cm³/mol. The molecule has 0 bridgehead atoms. The van der Waals surface area contributed by atoms with Gasteiger partial charge in [0.25, 0.3) is 0 Å². The van der Waals surface area contributed by atoms with Crippen LogP contribution in [0.4, 0.5) is 5.69 Å². The van der Waals surface area contributed by atoms with E-state index in [1.165, 1.54) is 12.1 Å². The monoisotopic (exact) mass is 206 g/mol. The topological polar surface area (TPSA) is 69.6 Å². The second-order valence-corrected chi connectivity index (χ2v) is 3.34. The van der Waals surface area contributed by atoms with Gasteiger partial charge in [0.15, 0.2) is 0 Å². The summed E-state index contributed by atoms with van der Waals surface area (Å²) < 4.78 is 0. The van der Waals surface area contributed by atoms with Gasteiger partial charge in [0.1, 0.15) is 5.75 Å². The third kappa shape index (κ3) is 2.07. The molecule has 1 aliphatic heterocycles. The van der Waals surface area contributed by atoms with Crippen LogP contribution < -0.4 is 10.2 Å². The Balaban J connectivity index is 2.19. The SMILES string of the molecule is O=C1CN(c2ccc(O)cc2)CC(=O)N1. The second-order valence-electron chi connectivity index (χ2n) is 3.34.